The molecule has 2 rings (SSSR count). The summed E-state index contributed by atoms with van der Waals surface area (Å²) in [7, 11) is 1.74. The average molecular weight is 265 g/mol. The third-order valence-corrected chi connectivity index (χ3v) is 4.11. The van der Waals surface area contributed by atoms with Crippen LogP contribution in [-0.4, -0.2) is 23.4 Å². The molecule has 1 atom stereocenters. The second-order valence-corrected chi connectivity index (χ2v) is 5.86. The van der Waals surface area contributed by atoms with Crippen LogP contribution in [0.3, 0.4) is 0 Å². The molecule has 0 saturated heterocycles. The van der Waals surface area contributed by atoms with Crippen LogP contribution in [0.2, 0.25) is 0 Å². The second kappa shape index (κ2) is 5.95. The zero-order chi connectivity index (χ0) is 13.9. The van der Waals surface area contributed by atoms with E-state index in [1.54, 1.807) is 7.11 Å². The van der Waals surface area contributed by atoms with Crippen molar-refractivity contribution in [1.82, 2.24) is 15.1 Å². The summed E-state index contributed by atoms with van der Waals surface area (Å²) < 4.78 is 7.65. The molecule has 1 heterocycles. The van der Waals surface area contributed by atoms with E-state index in [0.717, 1.165) is 31.7 Å². The lowest BCUT2D eigenvalue weighted by atomic mass is 9.95. The van der Waals surface area contributed by atoms with Crippen molar-refractivity contribution in [1.29, 1.82) is 0 Å². The number of nitrogens with one attached hydrogen (secondary N) is 1. The number of aromatic nitrogens is 2. The van der Waals surface area contributed by atoms with Crippen LogP contribution in [0.1, 0.15) is 58.2 Å². The molecular formula is C15H27N3O. The highest BCUT2D eigenvalue weighted by atomic mass is 16.5. The first kappa shape index (κ1) is 14.4. The first-order valence-electron chi connectivity index (χ1n) is 7.49. The Morgan fingerprint density at radius 2 is 2.16 bits per heavy atom. The number of rotatable bonds is 8. The molecule has 1 aliphatic carbocycles. The third-order valence-electron chi connectivity index (χ3n) is 4.11. The Bertz CT molecular complexity index is 410. The van der Waals surface area contributed by atoms with Gasteiger partial charge in [-0.2, -0.15) is 5.10 Å². The third kappa shape index (κ3) is 2.94. The van der Waals surface area contributed by atoms with Gasteiger partial charge in [-0.25, -0.2) is 0 Å². The van der Waals surface area contributed by atoms with Crippen LogP contribution < -0.4 is 10.1 Å². The first-order chi connectivity index (χ1) is 9.16. The van der Waals surface area contributed by atoms with Crippen LogP contribution >= 0.6 is 0 Å². The number of nitrogens with zero attached hydrogens (tertiary/aromatic N) is 2. The average Bonchev–Trinajstić information content (AvgIpc) is 3.02. The minimum Gasteiger partial charge on any atom is -0.493 e. The van der Waals surface area contributed by atoms with Crippen molar-refractivity contribution in [2.24, 2.45) is 5.41 Å². The summed E-state index contributed by atoms with van der Waals surface area (Å²) >= 11 is 0. The standard InChI is InChI=1S/C15H27N3O/c1-5-9-16-14(15(3)7-8-15)13-12(19-4)11-17-18(13)10-6-2/h11,14,16H,5-10H2,1-4H3. The Balaban J connectivity index is 2.31. The molecule has 1 aromatic rings. The summed E-state index contributed by atoms with van der Waals surface area (Å²) in [5.41, 5.74) is 1.60. The van der Waals surface area contributed by atoms with Gasteiger partial charge in [0.25, 0.3) is 0 Å². The van der Waals surface area contributed by atoms with Gasteiger partial charge in [-0.15, -0.1) is 0 Å². The van der Waals surface area contributed by atoms with Crippen LogP contribution in [-0.2, 0) is 6.54 Å². The lowest BCUT2D eigenvalue weighted by molar-refractivity contribution is 0.323. The van der Waals surface area contributed by atoms with Crippen molar-refractivity contribution >= 4 is 0 Å². The molecule has 0 bridgehead atoms. The van der Waals surface area contributed by atoms with Crippen LogP contribution in [0.5, 0.6) is 5.75 Å². The maximum atomic E-state index is 5.53. The molecule has 1 saturated carbocycles. The Kier molecular flexibility index (Phi) is 4.50. The lowest BCUT2D eigenvalue weighted by Gasteiger charge is -2.26. The second-order valence-electron chi connectivity index (χ2n) is 5.86. The van der Waals surface area contributed by atoms with Gasteiger partial charge in [0.2, 0.25) is 0 Å². The van der Waals surface area contributed by atoms with Gasteiger partial charge in [-0.1, -0.05) is 20.8 Å². The normalized spacial score (nSPS) is 18.3. The minimum atomic E-state index is 0.358. The van der Waals surface area contributed by atoms with E-state index in [2.05, 4.69) is 35.9 Å². The Morgan fingerprint density at radius 1 is 1.42 bits per heavy atom. The number of aryl methyl sites for hydroxylation is 1. The highest BCUT2D eigenvalue weighted by Crippen LogP contribution is 2.55. The molecule has 4 nitrogen and oxygen atoms in total. The van der Waals surface area contributed by atoms with E-state index in [0.29, 0.717) is 11.5 Å². The Labute approximate surface area is 116 Å². The summed E-state index contributed by atoms with van der Waals surface area (Å²) in [5, 5.41) is 8.21. The maximum absolute atomic E-state index is 5.53. The van der Waals surface area contributed by atoms with E-state index in [-0.39, 0.29) is 0 Å². The van der Waals surface area contributed by atoms with E-state index >= 15 is 0 Å². The topological polar surface area (TPSA) is 39.1 Å². The van der Waals surface area contributed by atoms with Crippen LogP contribution in [0.25, 0.3) is 0 Å². The predicted molar refractivity (Wildman–Crippen MR) is 77.4 cm³/mol. The summed E-state index contributed by atoms with van der Waals surface area (Å²) in [6, 6.07) is 0.358. The number of ether oxygens (including phenoxy) is 1. The zero-order valence-electron chi connectivity index (χ0n) is 12.7. The van der Waals surface area contributed by atoms with Gasteiger partial charge in [0.15, 0.2) is 5.75 Å². The van der Waals surface area contributed by atoms with Gasteiger partial charge in [0.05, 0.1) is 25.0 Å². The summed E-state index contributed by atoms with van der Waals surface area (Å²) in [6.45, 7) is 8.76. The largest absolute Gasteiger partial charge is 0.493 e. The fourth-order valence-electron chi connectivity index (χ4n) is 2.66. The van der Waals surface area contributed by atoms with Crippen molar-refractivity contribution in [3.8, 4) is 5.75 Å². The fourth-order valence-corrected chi connectivity index (χ4v) is 2.66. The van der Waals surface area contributed by atoms with Gasteiger partial charge in [0, 0.05) is 6.54 Å². The van der Waals surface area contributed by atoms with E-state index in [4.69, 9.17) is 4.74 Å². The molecule has 4 heteroatoms. The molecule has 1 aromatic heterocycles. The summed E-state index contributed by atoms with van der Waals surface area (Å²) in [6.07, 6.45) is 6.67. The van der Waals surface area contributed by atoms with Crippen molar-refractivity contribution in [3.63, 3.8) is 0 Å². The number of hydrogen-bond donors (Lipinski definition) is 1. The number of methoxy groups -OCH3 is 1. The van der Waals surface area contributed by atoms with Crippen molar-refractivity contribution in [2.75, 3.05) is 13.7 Å². The molecule has 1 aliphatic rings. The molecule has 0 spiro atoms. The molecular weight excluding hydrogens is 238 g/mol. The molecule has 19 heavy (non-hydrogen) atoms. The molecule has 1 fully saturated rings. The fraction of sp³-hybridized carbons (Fsp3) is 0.800. The van der Waals surface area contributed by atoms with Crippen LogP contribution in [0.15, 0.2) is 6.20 Å². The van der Waals surface area contributed by atoms with E-state index in [1.807, 2.05) is 6.20 Å². The van der Waals surface area contributed by atoms with Crippen LogP contribution in [0.4, 0.5) is 0 Å². The smallest absolute Gasteiger partial charge is 0.161 e. The highest BCUT2D eigenvalue weighted by molar-refractivity contribution is 5.31. The van der Waals surface area contributed by atoms with Gasteiger partial charge in [0.1, 0.15) is 0 Å². The molecule has 108 valence electrons. The molecule has 1 N–H and O–H groups in total. The van der Waals surface area contributed by atoms with Crippen molar-refractivity contribution in [2.45, 2.75) is 59.0 Å². The summed E-state index contributed by atoms with van der Waals surface area (Å²) in [4.78, 5) is 0. The Morgan fingerprint density at radius 3 is 2.68 bits per heavy atom. The van der Waals surface area contributed by atoms with Crippen molar-refractivity contribution in [3.05, 3.63) is 11.9 Å². The molecule has 0 aliphatic heterocycles. The highest BCUT2D eigenvalue weighted by Gasteiger charge is 2.47. The van der Waals surface area contributed by atoms with Gasteiger partial charge in [-0.05, 0) is 37.6 Å². The maximum Gasteiger partial charge on any atom is 0.161 e. The monoisotopic (exact) mass is 265 g/mol. The molecule has 0 aromatic carbocycles. The molecule has 0 amide bonds. The molecule has 0 radical (unpaired) electrons. The van der Waals surface area contributed by atoms with Crippen molar-refractivity contribution < 1.29 is 4.74 Å². The quantitative estimate of drug-likeness (QED) is 0.785. The SMILES string of the molecule is CCCNC(c1c(OC)cnn1CCC)C1(C)CC1. The molecule has 1 unspecified atom stereocenters. The first-order valence-corrected chi connectivity index (χ1v) is 7.49. The minimum absolute atomic E-state index is 0.358. The van der Waals surface area contributed by atoms with E-state index in [9.17, 15) is 0 Å². The lowest BCUT2D eigenvalue weighted by Crippen LogP contribution is -2.31. The van der Waals surface area contributed by atoms with Gasteiger partial charge >= 0.3 is 0 Å². The predicted octanol–water partition coefficient (Wildman–Crippen LogP) is 3.14. The number of hydrogen-bond acceptors (Lipinski definition) is 3. The van der Waals surface area contributed by atoms with E-state index < -0.39 is 0 Å². The van der Waals surface area contributed by atoms with Gasteiger partial charge in [-0.3, -0.25) is 4.68 Å². The van der Waals surface area contributed by atoms with Gasteiger partial charge < -0.3 is 10.1 Å². The van der Waals surface area contributed by atoms with E-state index in [1.165, 1.54) is 18.5 Å². The van der Waals surface area contributed by atoms with Crippen LogP contribution in [0, 0.1) is 5.41 Å². The Hall–Kier alpha value is -1.03. The zero-order valence-corrected chi connectivity index (χ0v) is 12.7. The summed E-state index contributed by atoms with van der Waals surface area (Å²) in [5.74, 6) is 0.926.